The monoisotopic (exact) mass is 284 g/mol. The van der Waals surface area contributed by atoms with Crippen LogP contribution in [0, 0.1) is 18.3 Å². The van der Waals surface area contributed by atoms with Crippen molar-refractivity contribution in [1.29, 1.82) is 5.26 Å². The minimum Gasteiger partial charge on any atom is -0.456 e. The second-order valence-electron chi connectivity index (χ2n) is 5.25. The molecule has 2 heterocycles. The number of furan rings is 1. The highest BCUT2D eigenvalue weighted by atomic mass is 16.3. The maximum atomic E-state index is 9.15. The highest BCUT2D eigenvalue weighted by Gasteiger charge is 2.12. The van der Waals surface area contributed by atoms with Gasteiger partial charge in [-0.15, -0.1) is 0 Å². The minimum atomic E-state index is 0.650. The lowest BCUT2D eigenvalue weighted by Crippen LogP contribution is -1.82. The van der Waals surface area contributed by atoms with Crippen molar-refractivity contribution in [2.45, 2.75) is 6.92 Å². The molecule has 3 heteroatoms. The number of aromatic nitrogens is 1. The number of benzene rings is 2. The summed E-state index contributed by atoms with van der Waals surface area (Å²) in [5.41, 5.74) is 5.13. The summed E-state index contributed by atoms with van der Waals surface area (Å²) in [4.78, 5) is 4.39. The Balaban J connectivity index is 2.03. The molecule has 4 aromatic rings. The zero-order valence-corrected chi connectivity index (χ0v) is 12.0. The van der Waals surface area contributed by atoms with Crippen molar-refractivity contribution in [2.24, 2.45) is 0 Å². The SMILES string of the molecule is Cc1c(C#N)ccc2c1oc1ccc(-c3ccccn3)cc12. The Kier molecular flexibility index (Phi) is 2.70. The first-order valence-electron chi connectivity index (χ1n) is 7.05. The Labute approximate surface area is 127 Å². The summed E-state index contributed by atoms with van der Waals surface area (Å²) in [5.74, 6) is 0. The molecule has 4 rings (SSSR count). The van der Waals surface area contributed by atoms with Crippen LogP contribution in [0.3, 0.4) is 0 Å². The molecular weight excluding hydrogens is 272 g/mol. The van der Waals surface area contributed by atoms with Crippen LogP contribution in [-0.2, 0) is 0 Å². The van der Waals surface area contributed by atoms with Crippen molar-refractivity contribution in [3.05, 3.63) is 65.9 Å². The predicted octanol–water partition coefficient (Wildman–Crippen LogP) is 4.83. The fourth-order valence-corrected chi connectivity index (χ4v) is 2.79. The zero-order chi connectivity index (χ0) is 15.1. The van der Waals surface area contributed by atoms with Gasteiger partial charge in [0.2, 0.25) is 0 Å². The van der Waals surface area contributed by atoms with Crippen molar-refractivity contribution in [1.82, 2.24) is 4.98 Å². The van der Waals surface area contributed by atoms with Gasteiger partial charge in [0.05, 0.1) is 17.3 Å². The standard InChI is InChI=1S/C19H12N2O/c1-12-14(11-20)5-7-15-16-10-13(17-4-2-3-9-21-17)6-8-18(16)22-19(12)15/h2-10H,1H3. The third-order valence-corrected chi connectivity index (χ3v) is 3.97. The van der Waals surface area contributed by atoms with Gasteiger partial charge in [0.1, 0.15) is 11.2 Å². The van der Waals surface area contributed by atoms with E-state index in [4.69, 9.17) is 9.68 Å². The summed E-state index contributed by atoms with van der Waals surface area (Å²) in [6, 6.07) is 17.9. The molecule has 2 aromatic heterocycles. The van der Waals surface area contributed by atoms with E-state index in [9.17, 15) is 0 Å². The first-order chi connectivity index (χ1) is 10.8. The molecule has 0 atom stereocenters. The molecule has 104 valence electrons. The summed E-state index contributed by atoms with van der Waals surface area (Å²) in [7, 11) is 0. The second kappa shape index (κ2) is 4.71. The van der Waals surface area contributed by atoms with E-state index in [1.165, 1.54) is 0 Å². The number of aryl methyl sites for hydroxylation is 1. The quantitative estimate of drug-likeness (QED) is 0.503. The fraction of sp³-hybridized carbons (Fsp3) is 0.0526. The van der Waals surface area contributed by atoms with Gasteiger partial charge in [-0.3, -0.25) is 4.98 Å². The molecule has 0 aliphatic carbocycles. The van der Waals surface area contributed by atoms with Crippen molar-refractivity contribution < 1.29 is 4.42 Å². The van der Waals surface area contributed by atoms with E-state index in [1.807, 2.05) is 49.4 Å². The molecule has 0 spiro atoms. The average molecular weight is 284 g/mol. The number of rotatable bonds is 1. The number of hydrogen-bond acceptors (Lipinski definition) is 3. The molecule has 0 fully saturated rings. The lowest BCUT2D eigenvalue weighted by Gasteiger charge is -2.00. The first kappa shape index (κ1) is 12.6. The van der Waals surface area contributed by atoms with Crippen LogP contribution in [0.2, 0.25) is 0 Å². The Bertz CT molecular complexity index is 1040. The van der Waals surface area contributed by atoms with E-state index in [0.717, 1.165) is 38.8 Å². The number of fused-ring (bicyclic) bond motifs is 3. The maximum absolute atomic E-state index is 9.15. The number of nitriles is 1. The van der Waals surface area contributed by atoms with Gasteiger partial charge < -0.3 is 4.42 Å². The van der Waals surface area contributed by atoms with Crippen LogP contribution in [0.15, 0.2) is 59.1 Å². The molecule has 2 aromatic carbocycles. The van der Waals surface area contributed by atoms with Crippen LogP contribution in [0.1, 0.15) is 11.1 Å². The Morgan fingerprint density at radius 3 is 2.73 bits per heavy atom. The van der Waals surface area contributed by atoms with Crippen LogP contribution < -0.4 is 0 Å². The molecule has 0 N–H and O–H groups in total. The molecule has 0 aliphatic heterocycles. The predicted molar refractivity (Wildman–Crippen MR) is 86.4 cm³/mol. The van der Waals surface area contributed by atoms with E-state index in [0.29, 0.717) is 5.56 Å². The largest absolute Gasteiger partial charge is 0.456 e. The van der Waals surface area contributed by atoms with Crippen molar-refractivity contribution in [3.63, 3.8) is 0 Å². The Morgan fingerprint density at radius 2 is 1.95 bits per heavy atom. The van der Waals surface area contributed by atoms with Crippen molar-refractivity contribution in [3.8, 4) is 17.3 Å². The van der Waals surface area contributed by atoms with Gasteiger partial charge >= 0.3 is 0 Å². The molecule has 0 amide bonds. The Hall–Kier alpha value is -3.12. The number of pyridine rings is 1. The van der Waals surface area contributed by atoms with Gasteiger partial charge in [-0.2, -0.15) is 5.26 Å². The summed E-state index contributed by atoms with van der Waals surface area (Å²) >= 11 is 0. The highest BCUT2D eigenvalue weighted by Crippen LogP contribution is 2.34. The second-order valence-corrected chi connectivity index (χ2v) is 5.25. The van der Waals surface area contributed by atoms with Crippen molar-refractivity contribution in [2.75, 3.05) is 0 Å². The average Bonchev–Trinajstić information content (AvgIpc) is 2.95. The maximum Gasteiger partial charge on any atom is 0.139 e. The summed E-state index contributed by atoms with van der Waals surface area (Å²) in [6.07, 6.45) is 1.79. The molecule has 0 aliphatic rings. The van der Waals surface area contributed by atoms with Crippen molar-refractivity contribution >= 4 is 21.9 Å². The van der Waals surface area contributed by atoms with Gasteiger partial charge in [0.15, 0.2) is 0 Å². The lowest BCUT2D eigenvalue weighted by atomic mass is 10.0. The van der Waals surface area contributed by atoms with E-state index in [2.05, 4.69) is 17.1 Å². The van der Waals surface area contributed by atoms with Gasteiger partial charge in [0.25, 0.3) is 0 Å². The van der Waals surface area contributed by atoms with E-state index in [1.54, 1.807) is 6.20 Å². The van der Waals surface area contributed by atoms with Crippen LogP contribution in [0.4, 0.5) is 0 Å². The van der Waals surface area contributed by atoms with Gasteiger partial charge in [-0.25, -0.2) is 0 Å². The van der Waals surface area contributed by atoms with E-state index < -0.39 is 0 Å². The molecular formula is C19H12N2O. The van der Waals surface area contributed by atoms with Crippen LogP contribution in [0.25, 0.3) is 33.2 Å². The van der Waals surface area contributed by atoms with E-state index >= 15 is 0 Å². The molecule has 0 radical (unpaired) electrons. The molecule has 22 heavy (non-hydrogen) atoms. The number of nitrogens with zero attached hydrogens (tertiary/aromatic N) is 2. The van der Waals surface area contributed by atoms with Crippen LogP contribution in [0.5, 0.6) is 0 Å². The van der Waals surface area contributed by atoms with Gasteiger partial charge in [-0.1, -0.05) is 6.07 Å². The third-order valence-electron chi connectivity index (χ3n) is 3.97. The summed E-state index contributed by atoms with van der Waals surface area (Å²) in [5, 5.41) is 11.2. The molecule has 0 bridgehead atoms. The lowest BCUT2D eigenvalue weighted by molar-refractivity contribution is 0.665. The van der Waals surface area contributed by atoms with Crippen LogP contribution >= 0.6 is 0 Å². The van der Waals surface area contributed by atoms with E-state index in [-0.39, 0.29) is 0 Å². The highest BCUT2D eigenvalue weighted by molar-refractivity contribution is 6.07. The summed E-state index contributed by atoms with van der Waals surface area (Å²) in [6.45, 7) is 1.92. The van der Waals surface area contributed by atoms with Gasteiger partial charge in [-0.05, 0) is 49.4 Å². The molecule has 0 saturated heterocycles. The normalized spacial score (nSPS) is 10.9. The molecule has 0 unspecified atom stereocenters. The number of hydrogen-bond donors (Lipinski definition) is 0. The Morgan fingerprint density at radius 1 is 1.05 bits per heavy atom. The first-order valence-corrected chi connectivity index (χ1v) is 7.05. The third kappa shape index (κ3) is 1.78. The minimum absolute atomic E-state index is 0.650. The summed E-state index contributed by atoms with van der Waals surface area (Å²) < 4.78 is 5.95. The molecule has 3 nitrogen and oxygen atoms in total. The zero-order valence-electron chi connectivity index (χ0n) is 12.0. The molecule has 0 saturated carbocycles. The van der Waals surface area contributed by atoms with Crippen LogP contribution in [-0.4, -0.2) is 4.98 Å². The smallest absolute Gasteiger partial charge is 0.139 e. The van der Waals surface area contributed by atoms with Gasteiger partial charge in [0, 0.05) is 28.1 Å². The fourth-order valence-electron chi connectivity index (χ4n) is 2.79. The topological polar surface area (TPSA) is 49.8 Å².